The highest BCUT2D eigenvalue weighted by Gasteiger charge is 2.34. The van der Waals surface area contributed by atoms with Gasteiger partial charge >= 0.3 is 0 Å². The number of nitrogens with zero attached hydrogens (tertiary/aromatic N) is 1. The minimum atomic E-state index is -0.256. The van der Waals surface area contributed by atoms with Gasteiger partial charge in [0, 0.05) is 36.6 Å². The molecule has 1 unspecified atom stereocenters. The zero-order valence-corrected chi connectivity index (χ0v) is 14.6. The second kappa shape index (κ2) is 8.93. The fourth-order valence-electron chi connectivity index (χ4n) is 2.62. The number of benzene rings is 1. The molecule has 2 N–H and O–H groups in total. The smallest absolute Gasteiger partial charge is 0.227 e. The van der Waals surface area contributed by atoms with Crippen molar-refractivity contribution in [2.75, 3.05) is 37.3 Å². The van der Waals surface area contributed by atoms with Gasteiger partial charge in [0.25, 0.3) is 0 Å². The average molecular weight is 335 g/mol. The number of hydrogen-bond donors (Lipinski definition) is 2. The van der Waals surface area contributed by atoms with Crippen LogP contribution in [0.5, 0.6) is 0 Å². The maximum atomic E-state index is 12.2. The van der Waals surface area contributed by atoms with E-state index in [1.54, 1.807) is 16.7 Å². The molecule has 1 aliphatic rings. The Morgan fingerprint density at radius 2 is 2.00 bits per heavy atom. The zero-order chi connectivity index (χ0) is 16.7. The van der Waals surface area contributed by atoms with Gasteiger partial charge in [-0.05, 0) is 43.5 Å². The Bertz CT molecular complexity index is 533. The number of hydrogen-bond acceptors (Lipinski definition) is 4. The summed E-state index contributed by atoms with van der Waals surface area (Å²) >= 11 is 1.67. The van der Waals surface area contributed by atoms with Crippen LogP contribution in [0.2, 0.25) is 0 Å². The number of nitrogens with one attached hydrogen (secondary N) is 2. The molecule has 5 nitrogen and oxygen atoms in total. The highest BCUT2D eigenvalue weighted by molar-refractivity contribution is 7.98. The van der Waals surface area contributed by atoms with Gasteiger partial charge in [-0.2, -0.15) is 0 Å². The molecular weight excluding hydrogens is 310 g/mol. The molecule has 1 aromatic carbocycles. The number of carbonyl (C=O) groups excluding carboxylic acids is 2. The lowest BCUT2D eigenvalue weighted by atomic mass is 10.1. The van der Waals surface area contributed by atoms with E-state index < -0.39 is 0 Å². The summed E-state index contributed by atoms with van der Waals surface area (Å²) in [6.45, 7) is 4.89. The van der Waals surface area contributed by atoms with Gasteiger partial charge in [0.15, 0.2) is 0 Å². The summed E-state index contributed by atoms with van der Waals surface area (Å²) in [5.74, 6) is -0.264. The summed E-state index contributed by atoms with van der Waals surface area (Å²) in [7, 11) is 0. The summed E-state index contributed by atoms with van der Waals surface area (Å²) in [5.41, 5.74) is 0.868. The molecule has 126 valence electrons. The topological polar surface area (TPSA) is 61.4 Å². The molecule has 0 bridgehead atoms. The predicted molar refractivity (Wildman–Crippen MR) is 94.9 cm³/mol. The van der Waals surface area contributed by atoms with Crippen LogP contribution in [0.3, 0.4) is 0 Å². The lowest BCUT2D eigenvalue weighted by Crippen LogP contribution is -2.37. The number of thioether (sulfide) groups is 1. The summed E-state index contributed by atoms with van der Waals surface area (Å²) in [6.07, 6.45) is 3.39. The van der Waals surface area contributed by atoms with Crippen molar-refractivity contribution in [2.24, 2.45) is 5.92 Å². The highest BCUT2D eigenvalue weighted by Crippen LogP contribution is 2.27. The van der Waals surface area contributed by atoms with Gasteiger partial charge in [-0.25, -0.2) is 0 Å². The van der Waals surface area contributed by atoms with E-state index in [1.165, 1.54) is 0 Å². The molecule has 1 saturated heterocycles. The maximum absolute atomic E-state index is 12.2. The Hall–Kier alpha value is -1.53. The molecule has 0 aromatic heterocycles. The second-order valence-corrected chi connectivity index (χ2v) is 6.52. The summed E-state index contributed by atoms with van der Waals surface area (Å²) in [5, 5.41) is 6.15. The normalized spacial score (nSPS) is 17.6. The van der Waals surface area contributed by atoms with E-state index in [1.807, 2.05) is 30.5 Å². The number of amides is 2. The van der Waals surface area contributed by atoms with Crippen LogP contribution in [0.15, 0.2) is 29.2 Å². The summed E-state index contributed by atoms with van der Waals surface area (Å²) in [4.78, 5) is 27.2. The molecule has 0 aliphatic carbocycles. The Morgan fingerprint density at radius 3 is 2.65 bits per heavy atom. The van der Waals surface area contributed by atoms with Crippen LogP contribution in [0.4, 0.5) is 5.69 Å². The SMILES string of the molecule is CCCNCCNC(=O)C1CC(=O)N(c2ccc(SC)cc2)C1. The van der Waals surface area contributed by atoms with Gasteiger partial charge in [0.05, 0.1) is 5.92 Å². The van der Waals surface area contributed by atoms with E-state index in [4.69, 9.17) is 0 Å². The summed E-state index contributed by atoms with van der Waals surface area (Å²) in [6, 6.07) is 7.89. The Kier molecular flexibility index (Phi) is 6.92. The van der Waals surface area contributed by atoms with E-state index in [-0.39, 0.29) is 17.7 Å². The molecule has 1 heterocycles. The van der Waals surface area contributed by atoms with Crippen molar-refractivity contribution in [3.05, 3.63) is 24.3 Å². The van der Waals surface area contributed by atoms with Crippen molar-refractivity contribution in [1.29, 1.82) is 0 Å². The van der Waals surface area contributed by atoms with Gasteiger partial charge in [-0.1, -0.05) is 6.92 Å². The fourth-order valence-corrected chi connectivity index (χ4v) is 3.02. The molecule has 2 rings (SSSR count). The molecule has 1 fully saturated rings. The zero-order valence-electron chi connectivity index (χ0n) is 13.8. The molecule has 0 radical (unpaired) electrons. The van der Waals surface area contributed by atoms with Crippen molar-refractivity contribution >= 4 is 29.3 Å². The second-order valence-electron chi connectivity index (χ2n) is 5.64. The molecule has 23 heavy (non-hydrogen) atoms. The van der Waals surface area contributed by atoms with Gasteiger partial charge in [0.1, 0.15) is 0 Å². The average Bonchev–Trinajstić information content (AvgIpc) is 2.96. The van der Waals surface area contributed by atoms with Crippen molar-refractivity contribution in [3.8, 4) is 0 Å². The molecule has 0 saturated carbocycles. The van der Waals surface area contributed by atoms with Crippen LogP contribution in [-0.4, -0.2) is 44.2 Å². The molecule has 1 aromatic rings. The number of rotatable bonds is 8. The molecule has 1 atom stereocenters. The predicted octanol–water partition coefficient (Wildman–Crippen LogP) is 1.88. The third-order valence-corrected chi connectivity index (χ3v) is 4.65. The van der Waals surface area contributed by atoms with Crippen LogP contribution in [0.25, 0.3) is 0 Å². The van der Waals surface area contributed by atoms with Crippen molar-refractivity contribution in [2.45, 2.75) is 24.7 Å². The molecule has 0 spiro atoms. The molecule has 6 heteroatoms. The monoisotopic (exact) mass is 335 g/mol. The van der Waals surface area contributed by atoms with Gasteiger partial charge in [-0.3, -0.25) is 9.59 Å². The molecule has 1 aliphatic heterocycles. The van der Waals surface area contributed by atoms with E-state index >= 15 is 0 Å². The standard InChI is InChI=1S/C17H25N3O2S/c1-3-8-18-9-10-19-17(22)13-11-16(21)20(12-13)14-4-6-15(23-2)7-5-14/h4-7,13,18H,3,8-12H2,1-2H3,(H,19,22). The summed E-state index contributed by atoms with van der Waals surface area (Å²) < 4.78 is 0. The van der Waals surface area contributed by atoms with Crippen LogP contribution in [0.1, 0.15) is 19.8 Å². The first-order valence-electron chi connectivity index (χ1n) is 8.08. The number of carbonyl (C=O) groups is 2. The number of anilines is 1. The van der Waals surface area contributed by atoms with Gasteiger partial charge < -0.3 is 15.5 Å². The lowest BCUT2D eigenvalue weighted by molar-refractivity contribution is -0.126. The van der Waals surface area contributed by atoms with Gasteiger partial charge in [0.2, 0.25) is 11.8 Å². The van der Waals surface area contributed by atoms with Crippen LogP contribution in [0, 0.1) is 5.92 Å². The van der Waals surface area contributed by atoms with E-state index in [0.717, 1.165) is 30.1 Å². The largest absolute Gasteiger partial charge is 0.355 e. The third kappa shape index (κ3) is 4.97. The third-order valence-electron chi connectivity index (χ3n) is 3.91. The Labute approximate surface area is 142 Å². The first-order valence-corrected chi connectivity index (χ1v) is 9.31. The first-order chi connectivity index (χ1) is 11.2. The van der Waals surface area contributed by atoms with E-state index in [2.05, 4.69) is 17.6 Å². The quantitative estimate of drug-likeness (QED) is 0.562. The van der Waals surface area contributed by atoms with Crippen molar-refractivity contribution in [1.82, 2.24) is 10.6 Å². The Morgan fingerprint density at radius 1 is 1.26 bits per heavy atom. The van der Waals surface area contributed by atoms with Crippen LogP contribution in [-0.2, 0) is 9.59 Å². The van der Waals surface area contributed by atoms with Gasteiger partial charge in [-0.15, -0.1) is 11.8 Å². The van der Waals surface area contributed by atoms with E-state index in [9.17, 15) is 9.59 Å². The van der Waals surface area contributed by atoms with E-state index in [0.29, 0.717) is 19.5 Å². The fraction of sp³-hybridized carbons (Fsp3) is 0.529. The Balaban J connectivity index is 1.84. The minimum Gasteiger partial charge on any atom is -0.355 e. The van der Waals surface area contributed by atoms with Crippen molar-refractivity contribution in [3.63, 3.8) is 0 Å². The van der Waals surface area contributed by atoms with Crippen LogP contribution >= 0.6 is 11.8 Å². The van der Waals surface area contributed by atoms with Crippen LogP contribution < -0.4 is 15.5 Å². The first kappa shape index (κ1) is 17.8. The molecule has 2 amide bonds. The minimum absolute atomic E-state index is 0.0196. The van der Waals surface area contributed by atoms with Crippen molar-refractivity contribution < 1.29 is 9.59 Å². The lowest BCUT2D eigenvalue weighted by Gasteiger charge is -2.17. The highest BCUT2D eigenvalue weighted by atomic mass is 32.2. The maximum Gasteiger partial charge on any atom is 0.227 e. The molecular formula is C17H25N3O2S.